The number of carboxylic acid groups (broad SMARTS) is 1. The molecule has 1 fully saturated rings. The molecule has 0 aliphatic carbocycles. The number of fused-ring (bicyclic) bond motifs is 6. The Morgan fingerprint density at radius 3 is 2.25 bits per heavy atom. The zero-order chi connectivity index (χ0) is 53.6. The SMILES string of the molecule is CC[C@@]1(OC(=O)[C@@H](NC(=O)[C@@H]2CCCN2C(=O)[C@H](CC(=O)O)NC(=O)CCOCCOCCOCCNC(=O)CN2C(=O)C=CC2=O)C(C)C)C(=O)OCc2c1cc1n(c2=O)Cc2cc3cc4c(cc3nc2-1)OCO4. The predicted molar refractivity (Wildman–Crippen MR) is 256 cm³/mol. The molecule has 2 aromatic heterocycles. The number of nitrogens with one attached hydrogen (secondary N) is 3. The minimum Gasteiger partial charge on any atom is -0.481 e. The van der Waals surface area contributed by atoms with E-state index in [9.17, 15) is 53.1 Å². The lowest BCUT2D eigenvalue weighted by Crippen LogP contribution is -2.57. The van der Waals surface area contributed by atoms with Gasteiger partial charge in [0.2, 0.25) is 36.0 Å². The molecule has 7 heterocycles. The number of hydrogen-bond acceptors (Lipinski definition) is 18. The third-order valence-electron chi connectivity index (χ3n) is 13.3. The number of carboxylic acids is 1. The highest BCUT2D eigenvalue weighted by Crippen LogP contribution is 2.43. The third kappa shape index (κ3) is 11.6. The fraction of sp³-hybridized carbons (Fsp3) is 0.500. The summed E-state index contributed by atoms with van der Waals surface area (Å²) < 4.78 is 40.5. The second-order valence-electron chi connectivity index (χ2n) is 18.6. The molecule has 400 valence electrons. The number of nitrogens with zero attached hydrogens (tertiary/aromatic N) is 4. The summed E-state index contributed by atoms with van der Waals surface area (Å²) in [7, 11) is 0. The van der Waals surface area contributed by atoms with Gasteiger partial charge in [0.05, 0.1) is 75.1 Å². The summed E-state index contributed by atoms with van der Waals surface area (Å²) in [5, 5.41) is 18.1. The zero-order valence-corrected chi connectivity index (χ0v) is 41.5. The number of pyridine rings is 2. The minimum atomic E-state index is -2.09. The van der Waals surface area contributed by atoms with Crippen LogP contribution in [0.25, 0.3) is 22.3 Å². The first-order chi connectivity index (χ1) is 36.0. The molecule has 1 aromatic carbocycles. The van der Waals surface area contributed by atoms with Crippen molar-refractivity contribution in [2.75, 3.05) is 66.1 Å². The van der Waals surface area contributed by atoms with Crippen LogP contribution in [-0.4, -0.2) is 162 Å². The number of aromatic nitrogens is 2. The number of rotatable bonds is 24. The van der Waals surface area contributed by atoms with Crippen molar-refractivity contribution in [2.45, 2.75) is 89.8 Å². The van der Waals surface area contributed by atoms with Crippen LogP contribution in [-0.2, 0) is 85.6 Å². The highest BCUT2D eigenvalue weighted by Gasteiger charge is 2.52. The quantitative estimate of drug-likeness (QED) is 0.0406. The molecular weight excluding hydrogens is 987 g/mol. The molecule has 4 N–H and O–H groups in total. The van der Waals surface area contributed by atoms with E-state index in [-0.39, 0.29) is 103 Å². The molecule has 0 radical (unpaired) electrons. The van der Waals surface area contributed by atoms with Gasteiger partial charge in [0, 0.05) is 54.2 Å². The van der Waals surface area contributed by atoms with Crippen molar-refractivity contribution in [3.05, 3.63) is 63.5 Å². The smallest absolute Gasteiger partial charge is 0.355 e. The fourth-order valence-electron chi connectivity index (χ4n) is 9.41. The first kappa shape index (κ1) is 53.5. The summed E-state index contributed by atoms with van der Waals surface area (Å²) in [6, 6.07) is 3.00. The van der Waals surface area contributed by atoms with Gasteiger partial charge in [0.1, 0.15) is 31.3 Å². The Kier molecular flexibility index (Phi) is 16.6. The maximum Gasteiger partial charge on any atom is 0.355 e. The molecule has 5 aliphatic heterocycles. The Balaban J connectivity index is 0.825. The van der Waals surface area contributed by atoms with Crippen molar-refractivity contribution in [1.82, 2.24) is 35.3 Å². The average Bonchev–Trinajstić information content (AvgIpc) is 4.22. The number of carbonyl (C=O) groups excluding carboxylic acids is 8. The summed E-state index contributed by atoms with van der Waals surface area (Å²) in [5.41, 5.74) is -0.0884. The lowest BCUT2D eigenvalue weighted by molar-refractivity contribution is -0.191. The second kappa shape index (κ2) is 23.2. The molecule has 0 unspecified atom stereocenters. The molecule has 1 saturated heterocycles. The van der Waals surface area contributed by atoms with Crippen LogP contribution >= 0.6 is 0 Å². The molecule has 4 atom stereocenters. The van der Waals surface area contributed by atoms with Gasteiger partial charge in [0.15, 0.2) is 11.5 Å². The van der Waals surface area contributed by atoms with E-state index in [1.165, 1.54) is 9.47 Å². The molecular formula is C50H57N7O18. The van der Waals surface area contributed by atoms with Crippen molar-refractivity contribution in [3.63, 3.8) is 0 Å². The molecule has 25 nitrogen and oxygen atoms in total. The predicted octanol–water partition coefficient (Wildman–Crippen LogP) is -0.0684. The molecule has 0 saturated carbocycles. The second-order valence-corrected chi connectivity index (χ2v) is 18.6. The highest BCUT2D eigenvalue weighted by atomic mass is 16.7. The zero-order valence-electron chi connectivity index (χ0n) is 41.5. The monoisotopic (exact) mass is 1040 g/mol. The standard InChI is InChI=1S/C50H57N7O18/c1-4-50(31-20-35-44-29(23-56(35)46(65)30(31)25-72-49(50)68)18-28-19-36-37(74-26-73-36)21-32(28)53-44)75-48(67)43(27(2)3)54-45(64)34-6-5-11-55(34)47(66)33(22-42(62)63)52-38(58)9-12-69-14-16-71-17-15-70-13-10-51-39(59)24-57-40(60)7-8-41(57)61/h7-8,18-21,27,33-34,43H,4-6,9-17,22-26H2,1-3H3,(H,51,59)(H,52,58)(H,54,64)(H,62,63)/t33-,34-,43-,50-/m0/s1. The maximum absolute atomic E-state index is 14.3. The highest BCUT2D eigenvalue weighted by molar-refractivity contribution is 6.14. The van der Waals surface area contributed by atoms with Crippen LogP contribution in [0.3, 0.4) is 0 Å². The van der Waals surface area contributed by atoms with Crippen molar-refractivity contribution in [1.29, 1.82) is 0 Å². The number of hydrogen-bond donors (Lipinski definition) is 4. The van der Waals surface area contributed by atoms with Crippen molar-refractivity contribution in [3.8, 4) is 22.9 Å². The van der Waals surface area contributed by atoms with E-state index in [1.54, 1.807) is 32.9 Å². The molecule has 6 amide bonds. The van der Waals surface area contributed by atoms with Crippen LogP contribution in [0.15, 0.2) is 41.2 Å². The molecule has 0 spiro atoms. The van der Waals surface area contributed by atoms with E-state index in [0.29, 0.717) is 34.8 Å². The van der Waals surface area contributed by atoms with Crippen LogP contribution in [0.5, 0.6) is 11.5 Å². The normalized spacial score (nSPS) is 18.9. The Morgan fingerprint density at radius 2 is 1.56 bits per heavy atom. The van der Waals surface area contributed by atoms with Gasteiger partial charge in [-0.25, -0.2) is 14.6 Å². The van der Waals surface area contributed by atoms with Gasteiger partial charge in [-0.15, -0.1) is 0 Å². The molecule has 8 rings (SSSR count). The fourth-order valence-corrected chi connectivity index (χ4v) is 9.41. The van der Waals surface area contributed by atoms with Crippen LogP contribution in [0.1, 0.15) is 69.6 Å². The summed E-state index contributed by atoms with van der Waals surface area (Å²) in [4.78, 5) is 137. The molecule has 25 heteroatoms. The van der Waals surface area contributed by atoms with Crippen molar-refractivity contribution < 1.29 is 81.4 Å². The van der Waals surface area contributed by atoms with E-state index in [4.69, 9.17) is 38.1 Å². The topological polar surface area (TPSA) is 316 Å². The lowest BCUT2D eigenvalue weighted by atomic mass is 9.85. The van der Waals surface area contributed by atoms with E-state index in [0.717, 1.165) is 28.0 Å². The van der Waals surface area contributed by atoms with Gasteiger partial charge in [-0.2, -0.15) is 0 Å². The first-order valence-electron chi connectivity index (χ1n) is 24.6. The molecule has 5 aliphatic rings. The van der Waals surface area contributed by atoms with Crippen molar-refractivity contribution in [2.24, 2.45) is 5.92 Å². The van der Waals surface area contributed by atoms with Gasteiger partial charge in [-0.1, -0.05) is 20.8 Å². The van der Waals surface area contributed by atoms with Crippen molar-refractivity contribution >= 4 is 64.3 Å². The van der Waals surface area contributed by atoms with E-state index >= 15 is 0 Å². The molecule has 75 heavy (non-hydrogen) atoms. The maximum atomic E-state index is 14.3. The number of carbonyl (C=O) groups is 9. The Bertz CT molecular complexity index is 2880. The van der Waals surface area contributed by atoms with Gasteiger partial charge < -0.3 is 63.7 Å². The van der Waals surface area contributed by atoms with E-state index in [2.05, 4.69) is 16.0 Å². The largest absolute Gasteiger partial charge is 0.481 e. The minimum absolute atomic E-state index is 0.0489. The lowest BCUT2D eigenvalue weighted by Gasteiger charge is -2.37. The number of ether oxygens (including phenoxy) is 7. The third-order valence-corrected chi connectivity index (χ3v) is 13.3. The van der Waals surface area contributed by atoms with Crippen LogP contribution < -0.4 is 31.0 Å². The van der Waals surface area contributed by atoms with E-state index in [1.807, 2.05) is 12.1 Å². The molecule has 3 aromatic rings. The van der Waals surface area contributed by atoms with Gasteiger partial charge in [-0.05, 0) is 43.4 Å². The Morgan fingerprint density at radius 1 is 0.867 bits per heavy atom. The number of likely N-dealkylation sites (tertiary alicyclic amines) is 1. The Labute approximate surface area is 428 Å². The summed E-state index contributed by atoms with van der Waals surface area (Å²) in [5.74, 6) is -6.71. The number of aliphatic carboxylic acids is 1. The summed E-state index contributed by atoms with van der Waals surface area (Å²) in [6.45, 7) is 5.26. The van der Waals surface area contributed by atoms with Gasteiger partial charge >= 0.3 is 17.9 Å². The number of benzene rings is 1. The van der Waals surface area contributed by atoms with E-state index < -0.39 is 102 Å². The number of amides is 6. The Hall–Kier alpha value is -7.77. The van der Waals surface area contributed by atoms with Crippen LogP contribution in [0, 0.1) is 5.92 Å². The molecule has 0 bridgehead atoms. The van der Waals surface area contributed by atoms with Gasteiger partial charge in [-0.3, -0.25) is 43.3 Å². The summed E-state index contributed by atoms with van der Waals surface area (Å²) in [6.07, 6.45) is 1.51. The number of imide groups is 1. The van der Waals surface area contributed by atoms with Gasteiger partial charge in [0.25, 0.3) is 17.4 Å². The first-order valence-corrected chi connectivity index (χ1v) is 24.6. The number of cyclic esters (lactones) is 1. The summed E-state index contributed by atoms with van der Waals surface area (Å²) >= 11 is 0. The van der Waals surface area contributed by atoms with Crippen LogP contribution in [0.2, 0.25) is 0 Å². The average molecular weight is 1040 g/mol. The number of esters is 2. The van der Waals surface area contributed by atoms with Crippen LogP contribution in [0.4, 0.5) is 0 Å².